The van der Waals surface area contributed by atoms with Gasteiger partial charge in [0.1, 0.15) is 5.82 Å². The molecule has 0 N–H and O–H groups in total. The van der Waals surface area contributed by atoms with Gasteiger partial charge in [0.2, 0.25) is 0 Å². The highest BCUT2D eigenvalue weighted by atomic mass is 32.2. The molecule has 0 saturated carbocycles. The van der Waals surface area contributed by atoms with Gasteiger partial charge in [0.05, 0.1) is 22.3 Å². The van der Waals surface area contributed by atoms with Gasteiger partial charge in [-0.05, 0) is 38.5 Å². The molecular formula is C14H16FNO4S. The molecule has 21 heavy (non-hydrogen) atoms. The van der Waals surface area contributed by atoms with Crippen LogP contribution in [0, 0.1) is 12.7 Å². The molecule has 1 aliphatic rings. The summed E-state index contributed by atoms with van der Waals surface area (Å²) in [6.45, 7) is 4.59. The lowest BCUT2D eigenvalue weighted by atomic mass is 10.1. The second kappa shape index (κ2) is 5.22. The Morgan fingerprint density at radius 3 is 2.43 bits per heavy atom. The van der Waals surface area contributed by atoms with Crippen LogP contribution in [-0.4, -0.2) is 37.7 Å². The molecule has 0 radical (unpaired) electrons. The van der Waals surface area contributed by atoms with E-state index in [2.05, 4.69) is 0 Å². The van der Waals surface area contributed by atoms with Crippen molar-refractivity contribution in [2.24, 2.45) is 0 Å². The first-order valence-electron chi connectivity index (χ1n) is 6.53. The van der Waals surface area contributed by atoms with E-state index < -0.39 is 32.6 Å². The fourth-order valence-corrected chi connectivity index (χ4v) is 3.18. The van der Waals surface area contributed by atoms with Crippen LogP contribution in [0.15, 0.2) is 12.1 Å². The molecule has 0 aromatic heterocycles. The number of halogens is 1. The number of carbonyl (C=O) groups is 2. The Kier molecular flexibility index (Phi) is 3.88. The molecule has 1 aromatic carbocycles. The summed E-state index contributed by atoms with van der Waals surface area (Å²) in [5.74, 6) is -2.43. The number of hydrogen-bond acceptors (Lipinski definition) is 4. The Bertz CT molecular complexity index is 725. The molecule has 0 spiro atoms. The van der Waals surface area contributed by atoms with Crippen LogP contribution in [0.3, 0.4) is 0 Å². The average molecular weight is 313 g/mol. The van der Waals surface area contributed by atoms with Gasteiger partial charge in [-0.25, -0.2) is 12.8 Å². The number of anilines is 1. The number of ketones is 1. The van der Waals surface area contributed by atoms with Crippen LogP contribution in [0.1, 0.15) is 29.8 Å². The van der Waals surface area contributed by atoms with E-state index in [1.807, 2.05) is 0 Å². The second-order valence-corrected chi connectivity index (χ2v) is 8.00. The maximum atomic E-state index is 13.4. The molecule has 0 fully saturated rings. The molecule has 1 aliphatic heterocycles. The maximum absolute atomic E-state index is 13.4. The number of carbonyl (C=O) groups excluding carboxylic acids is 2. The lowest BCUT2D eigenvalue weighted by Crippen LogP contribution is -2.35. The summed E-state index contributed by atoms with van der Waals surface area (Å²) in [6.07, 6.45) is 0. The Balaban J connectivity index is 2.36. The van der Waals surface area contributed by atoms with E-state index in [1.54, 1.807) is 20.8 Å². The van der Waals surface area contributed by atoms with E-state index in [0.717, 1.165) is 11.0 Å². The summed E-state index contributed by atoms with van der Waals surface area (Å²) >= 11 is 0. The molecule has 7 heteroatoms. The number of sulfone groups is 1. The van der Waals surface area contributed by atoms with Gasteiger partial charge in [-0.3, -0.25) is 9.59 Å². The summed E-state index contributed by atoms with van der Waals surface area (Å²) in [7, 11) is -3.33. The van der Waals surface area contributed by atoms with Crippen LogP contribution in [-0.2, 0) is 14.6 Å². The lowest BCUT2D eigenvalue weighted by molar-refractivity contribution is -0.114. The van der Waals surface area contributed by atoms with E-state index in [4.69, 9.17) is 0 Å². The van der Waals surface area contributed by atoms with Crippen LogP contribution >= 0.6 is 0 Å². The quantitative estimate of drug-likeness (QED) is 0.790. The fourth-order valence-electron chi connectivity index (χ4n) is 2.27. The molecule has 0 bridgehead atoms. The summed E-state index contributed by atoms with van der Waals surface area (Å²) in [6, 6.07) is 2.23. The van der Waals surface area contributed by atoms with Crippen molar-refractivity contribution >= 4 is 27.2 Å². The third kappa shape index (κ3) is 2.70. The predicted molar refractivity (Wildman–Crippen MR) is 76.7 cm³/mol. The lowest BCUT2D eigenvalue weighted by Gasteiger charge is -2.19. The monoisotopic (exact) mass is 313 g/mol. The zero-order valence-electron chi connectivity index (χ0n) is 12.0. The van der Waals surface area contributed by atoms with Gasteiger partial charge in [0, 0.05) is 6.54 Å². The van der Waals surface area contributed by atoms with Gasteiger partial charge >= 0.3 is 0 Å². The molecule has 1 aromatic rings. The molecule has 0 unspecified atom stereocenters. The van der Waals surface area contributed by atoms with Gasteiger partial charge in [0.25, 0.3) is 11.7 Å². The third-order valence-electron chi connectivity index (χ3n) is 3.54. The molecule has 2 rings (SSSR count). The summed E-state index contributed by atoms with van der Waals surface area (Å²) in [4.78, 5) is 25.0. The van der Waals surface area contributed by atoms with Gasteiger partial charge < -0.3 is 4.90 Å². The number of benzene rings is 1. The van der Waals surface area contributed by atoms with Crippen LogP contribution in [0.4, 0.5) is 10.1 Å². The minimum Gasteiger partial charge on any atom is -0.303 e. The summed E-state index contributed by atoms with van der Waals surface area (Å²) < 4.78 is 37.0. The molecule has 0 saturated heterocycles. The highest BCUT2D eigenvalue weighted by Gasteiger charge is 2.38. The topological polar surface area (TPSA) is 71.5 Å². The minimum absolute atomic E-state index is 0.000514. The average Bonchev–Trinajstić information content (AvgIpc) is 2.61. The van der Waals surface area contributed by atoms with Crippen LogP contribution in [0.2, 0.25) is 0 Å². The normalized spacial score (nSPS) is 15.0. The van der Waals surface area contributed by atoms with Crippen molar-refractivity contribution in [3.05, 3.63) is 29.1 Å². The van der Waals surface area contributed by atoms with Crippen molar-refractivity contribution < 1.29 is 22.4 Å². The summed E-state index contributed by atoms with van der Waals surface area (Å²) in [5, 5.41) is -0.556. The number of aryl methyl sites for hydroxylation is 1. The number of hydrogen-bond donors (Lipinski definition) is 0. The molecule has 1 heterocycles. The second-order valence-electron chi connectivity index (χ2n) is 5.32. The van der Waals surface area contributed by atoms with E-state index in [0.29, 0.717) is 11.3 Å². The van der Waals surface area contributed by atoms with Crippen molar-refractivity contribution in [2.75, 3.05) is 17.2 Å². The Morgan fingerprint density at radius 1 is 1.24 bits per heavy atom. The van der Waals surface area contributed by atoms with Crippen molar-refractivity contribution in [3.8, 4) is 0 Å². The van der Waals surface area contributed by atoms with Gasteiger partial charge in [-0.1, -0.05) is 0 Å². The SMILES string of the molecule is Cc1cc(F)cc2c1N(CCS(=O)(=O)C(C)C)C(=O)C2=O. The smallest absolute Gasteiger partial charge is 0.299 e. The van der Waals surface area contributed by atoms with E-state index in [1.165, 1.54) is 6.07 Å². The molecule has 114 valence electrons. The fraction of sp³-hybridized carbons (Fsp3) is 0.429. The first kappa shape index (κ1) is 15.6. The molecule has 0 aliphatic carbocycles. The minimum atomic E-state index is -3.33. The number of rotatable bonds is 4. The van der Waals surface area contributed by atoms with Crippen molar-refractivity contribution in [3.63, 3.8) is 0 Å². The van der Waals surface area contributed by atoms with Crippen LogP contribution in [0.25, 0.3) is 0 Å². The standard InChI is InChI=1S/C14H16FNO4S/c1-8(2)21(19,20)5-4-16-12-9(3)6-10(15)7-11(12)13(17)14(16)18/h6-8H,4-5H2,1-3H3. The Morgan fingerprint density at radius 2 is 1.86 bits per heavy atom. The predicted octanol–water partition coefficient (Wildman–Crippen LogP) is 1.49. The molecule has 5 nitrogen and oxygen atoms in total. The Labute approximate surface area is 122 Å². The first-order chi connectivity index (χ1) is 9.65. The number of Topliss-reactive ketones (excluding diaryl/α,β-unsaturated/α-hetero) is 1. The van der Waals surface area contributed by atoms with Crippen LogP contribution in [0.5, 0.6) is 0 Å². The Hall–Kier alpha value is -1.76. The third-order valence-corrected chi connectivity index (χ3v) is 5.72. The van der Waals surface area contributed by atoms with Gasteiger partial charge in [-0.2, -0.15) is 0 Å². The molecular weight excluding hydrogens is 297 g/mol. The molecule has 1 amide bonds. The van der Waals surface area contributed by atoms with E-state index in [9.17, 15) is 22.4 Å². The molecule has 0 atom stereocenters. The van der Waals surface area contributed by atoms with Gasteiger partial charge in [0.15, 0.2) is 9.84 Å². The summed E-state index contributed by atoms with van der Waals surface area (Å²) in [5.41, 5.74) is 0.746. The van der Waals surface area contributed by atoms with E-state index >= 15 is 0 Å². The zero-order chi connectivity index (χ0) is 15.9. The largest absolute Gasteiger partial charge is 0.303 e. The van der Waals surface area contributed by atoms with Crippen molar-refractivity contribution in [1.29, 1.82) is 0 Å². The van der Waals surface area contributed by atoms with Crippen molar-refractivity contribution in [2.45, 2.75) is 26.0 Å². The number of fused-ring (bicyclic) bond motifs is 1. The first-order valence-corrected chi connectivity index (χ1v) is 8.24. The highest BCUT2D eigenvalue weighted by Crippen LogP contribution is 2.33. The number of amides is 1. The van der Waals surface area contributed by atoms with E-state index in [-0.39, 0.29) is 17.9 Å². The van der Waals surface area contributed by atoms with Crippen LogP contribution < -0.4 is 4.90 Å². The van der Waals surface area contributed by atoms with Gasteiger partial charge in [-0.15, -0.1) is 0 Å². The maximum Gasteiger partial charge on any atom is 0.299 e. The highest BCUT2D eigenvalue weighted by molar-refractivity contribution is 7.92. The van der Waals surface area contributed by atoms with Crippen molar-refractivity contribution in [1.82, 2.24) is 0 Å². The number of nitrogens with zero attached hydrogens (tertiary/aromatic N) is 1. The zero-order valence-corrected chi connectivity index (χ0v) is 12.8.